The first-order valence-electron chi connectivity index (χ1n) is 7.54. The van der Waals surface area contributed by atoms with Gasteiger partial charge in [-0.15, -0.1) is 0 Å². The molecule has 1 N–H and O–H groups in total. The molecule has 0 fully saturated rings. The highest BCUT2D eigenvalue weighted by Crippen LogP contribution is 2.18. The molecule has 2 heterocycles. The van der Waals surface area contributed by atoms with Gasteiger partial charge in [0, 0.05) is 30.8 Å². The molecule has 0 aliphatic carbocycles. The molecular formula is C19H16N4O. The minimum Gasteiger partial charge on any atom is -0.347 e. The molecule has 1 amide bonds. The number of amides is 1. The van der Waals surface area contributed by atoms with Crippen LogP contribution in [0.5, 0.6) is 0 Å². The molecule has 0 radical (unpaired) electrons. The average molecular weight is 316 g/mol. The van der Waals surface area contributed by atoms with Gasteiger partial charge in [0.2, 0.25) is 0 Å². The van der Waals surface area contributed by atoms with Crippen LogP contribution >= 0.6 is 0 Å². The molecule has 0 saturated carbocycles. The summed E-state index contributed by atoms with van der Waals surface area (Å²) in [5.41, 5.74) is 3.52. The summed E-state index contributed by atoms with van der Waals surface area (Å²) in [7, 11) is 0. The number of carbonyl (C=O) groups excluding carboxylic acids is 1. The van der Waals surface area contributed by atoms with E-state index in [9.17, 15) is 10.1 Å². The summed E-state index contributed by atoms with van der Waals surface area (Å²) in [6.07, 6.45) is 5.12. The van der Waals surface area contributed by atoms with Crippen molar-refractivity contribution in [2.24, 2.45) is 0 Å². The van der Waals surface area contributed by atoms with E-state index in [1.165, 1.54) is 0 Å². The highest BCUT2D eigenvalue weighted by atomic mass is 16.1. The van der Waals surface area contributed by atoms with Crippen molar-refractivity contribution in [3.8, 4) is 11.8 Å². The van der Waals surface area contributed by atoms with Crippen LogP contribution in [0.3, 0.4) is 0 Å². The number of nitriles is 1. The molecule has 0 aliphatic rings. The van der Waals surface area contributed by atoms with Gasteiger partial charge in [0.25, 0.3) is 5.91 Å². The normalized spacial score (nSPS) is 10.2. The fraction of sp³-hybridized carbons (Fsp3) is 0.105. The first kappa shape index (κ1) is 15.5. The van der Waals surface area contributed by atoms with E-state index >= 15 is 0 Å². The van der Waals surface area contributed by atoms with Gasteiger partial charge in [0.05, 0.1) is 5.56 Å². The number of nitrogens with one attached hydrogen (secondary N) is 1. The fourth-order valence-electron chi connectivity index (χ4n) is 2.52. The highest BCUT2D eigenvalue weighted by Gasteiger charge is 2.18. The summed E-state index contributed by atoms with van der Waals surface area (Å²) < 4.78 is 1.74. The van der Waals surface area contributed by atoms with Crippen molar-refractivity contribution < 1.29 is 4.79 Å². The van der Waals surface area contributed by atoms with Crippen molar-refractivity contribution >= 4 is 5.91 Å². The summed E-state index contributed by atoms with van der Waals surface area (Å²) in [5, 5.41) is 12.2. The third kappa shape index (κ3) is 3.18. The molecule has 1 aromatic carbocycles. The highest BCUT2D eigenvalue weighted by molar-refractivity contribution is 5.95. The summed E-state index contributed by atoms with van der Waals surface area (Å²) in [4.78, 5) is 16.7. The predicted octanol–water partition coefficient (Wildman–Crippen LogP) is 2.98. The van der Waals surface area contributed by atoms with Gasteiger partial charge in [0.1, 0.15) is 11.8 Å². The molecule has 0 saturated heterocycles. The largest absolute Gasteiger partial charge is 0.347 e. The average Bonchev–Trinajstić information content (AvgIpc) is 3.05. The summed E-state index contributed by atoms with van der Waals surface area (Å²) in [5.74, 6) is -0.290. The molecule has 3 aromatic rings. The maximum absolute atomic E-state index is 12.6. The molecule has 24 heavy (non-hydrogen) atoms. The van der Waals surface area contributed by atoms with E-state index < -0.39 is 0 Å². The van der Waals surface area contributed by atoms with Crippen molar-refractivity contribution in [1.82, 2.24) is 14.9 Å². The molecule has 5 heteroatoms. The minimum atomic E-state index is -0.290. The van der Waals surface area contributed by atoms with Crippen LogP contribution in [0.15, 0.2) is 61.1 Å². The number of aryl methyl sites for hydroxylation is 1. The third-order valence-corrected chi connectivity index (χ3v) is 3.68. The Labute approximate surface area is 140 Å². The van der Waals surface area contributed by atoms with E-state index in [0.717, 1.165) is 16.8 Å². The van der Waals surface area contributed by atoms with Crippen molar-refractivity contribution in [3.63, 3.8) is 0 Å². The zero-order valence-corrected chi connectivity index (χ0v) is 13.2. The number of carbonyl (C=O) groups is 1. The van der Waals surface area contributed by atoms with Crippen LogP contribution in [0.1, 0.15) is 27.2 Å². The Balaban J connectivity index is 1.90. The number of aromatic nitrogens is 2. The third-order valence-electron chi connectivity index (χ3n) is 3.68. The van der Waals surface area contributed by atoms with Gasteiger partial charge in [-0.3, -0.25) is 9.78 Å². The van der Waals surface area contributed by atoms with Gasteiger partial charge in [-0.25, -0.2) is 0 Å². The zero-order valence-electron chi connectivity index (χ0n) is 13.2. The number of rotatable bonds is 4. The van der Waals surface area contributed by atoms with E-state index in [1.807, 2.05) is 43.3 Å². The van der Waals surface area contributed by atoms with Crippen LogP contribution in [0.25, 0.3) is 5.69 Å². The van der Waals surface area contributed by atoms with Crippen LogP contribution in [0.4, 0.5) is 0 Å². The SMILES string of the molecule is Cc1cccc(-n2ccc(C#N)c2C(=O)NCc2cccnc2)c1. The van der Waals surface area contributed by atoms with Gasteiger partial charge in [-0.05, 0) is 42.3 Å². The first-order chi connectivity index (χ1) is 11.7. The van der Waals surface area contributed by atoms with Crippen LogP contribution in [0, 0.1) is 18.3 Å². The van der Waals surface area contributed by atoms with Crippen LogP contribution in [-0.4, -0.2) is 15.5 Å². The van der Waals surface area contributed by atoms with Crippen molar-refractivity contribution in [2.45, 2.75) is 13.5 Å². The topological polar surface area (TPSA) is 70.7 Å². The van der Waals surface area contributed by atoms with Gasteiger partial charge >= 0.3 is 0 Å². The predicted molar refractivity (Wildman–Crippen MR) is 90.6 cm³/mol. The molecule has 0 aliphatic heterocycles. The number of pyridine rings is 1. The summed E-state index contributed by atoms with van der Waals surface area (Å²) >= 11 is 0. The standard InChI is InChI=1S/C19H16N4O/c1-14-4-2-6-17(10-14)23-9-7-16(11-20)18(23)19(24)22-13-15-5-3-8-21-12-15/h2-10,12H,13H2,1H3,(H,22,24). The summed E-state index contributed by atoms with van der Waals surface area (Å²) in [6, 6.07) is 15.2. The van der Waals surface area contributed by atoms with Crippen molar-refractivity contribution in [3.05, 3.63) is 83.4 Å². The zero-order chi connectivity index (χ0) is 16.9. The fourth-order valence-corrected chi connectivity index (χ4v) is 2.52. The molecule has 0 bridgehead atoms. The second kappa shape index (κ2) is 6.80. The summed E-state index contributed by atoms with van der Waals surface area (Å²) in [6.45, 7) is 2.34. The molecular weight excluding hydrogens is 300 g/mol. The van der Waals surface area contributed by atoms with E-state index in [-0.39, 0.29) is 5.91 Å². The molecule has 5 nitrogen and oxygen atoms in total. The Morgan fingerprint density at radius 1 is 1.29 bits per heavy atom. The van der Waals surface area contributed by atoms with Gasteiger partial charge in [0.15, 0.2) is 0 Å². The first-order valence-corrected chi connectivity index (χ1v) is 7.54. The number of hydrogen-bond acceptors (Lipinski definition) is 3. The number of hydrogen-bond donors (Lipinski definition) is 1. The van der Waals surface area contributed by atoms with Crippen molar-refractivity contribution in [1.29, 1.82) is 5.26 Å². The molecule has 118 valence electrons. The van der Waals surface area contributed by atoms with E-state index in [0.29, 0.717) is 17.8 Å². The van der Waals surface area contributed by atoms with Crippen molar-refractivity contribution in [2.75, 3.05) is 0 Å². The Morgan fingerprint density at radius 2 is 2.17 bits per heavy atom. The Hall–Kier alpha value is -3.39. The van der Waals surface area contributed by atoms with Gasteiger partial charge in [-0.2, -0.15) is 5.26 Å². The van der Waals surface area contributed by atoms with E-state index in [2.05, 4.69) is 16.4 Å². The molecule has 0 atom stereocenters. The second-order valence-corrected chi connectivity index (χ2v) is 5.44. The lowest BCUT2D eigenvalue weighted by Gasteiger charge is -2.11. The smallest absolute Gasteiger partial charge is 0.269 e. The van der Waals surface area contributed by atoms with Gasteiger partial charge < -0.3 is 9.88 Å². The Morgan fingerprint density at radius 3 is 2.88 bits per heavy atom. The number of benzene rings is 1. The molecule has 0 spiro atoms. The van der Waals surface area contributed by atoms with E-state index in [1.54, 1.807) is 29.2 Å². The van der Waals surface area contributed by atoms with Crippen LogP contribution in [-0.2, 0) is 6.54 Å². The minimum absolute atomic E-state index is 0.290. The van der Waals surface area contributed by atoms with Crippen LogP contribution in [0.2, 0.25) is 0 Å². The lowest BCUT2D eigenvalue weighted by molar-refractivity contribution is 0.0944. The maximum atomic E-state index is 12.6. The number of nitrogens with zero attached hydrogens (tertiary/aromatic N) is 3. The Kier molecular flexibility index (Phi) is 4.39. The van der Waals surface area contributed by atoms with E-state index in [4.69, 9.17) is 0 Å². The maximum Gasteiger partial charge on any atom is 0.269 e. The lowest BCUT2D eigenvalue weighted by Crippen LogP contribution is -2.26. The quantitative estimate of drug-likeness (QED) is 0.804. The monoisotopic (exact) mass is 316 g/mol. The molecule has 0 unspecified atom stereocenters. The van der Waals surface area contributed by atoms with Gasteiger partial charge in [-0.1, -0.05) is 18.2 Å². The second-order valence-electron chi connectivity index (χ2n) is 5.44. The molecule has 3 rings (SSSR count). The van der Waals surface area contributed by atoms with Crippen LogP contribution < -0.4 is 5.32 Å². The lowest BCUT2D eigenvalue weighted by atomic mass is 10.2. The molecule has 2 aromatic heterocycles. The Bertz CT molecular complexity index is 907.